The zero-order chi connectivity index (χ0) is 12.5. The van der Waals surface area contributed by atoms with Crippen molar-refractivity contribution in [3.63, 3.8) is 0 Å². The first-order valence-electron chi connectivity index (χ1n) is 6.51. The van der Waals surface area contributed by atoms with Crippen LogP contribution in [0, 0.1) is 5.92 Å². The lowest BCUT2D eigenvalue weighted by Crippen LogP contribution is -2.54. The molecule has 0 saturated heterocycles. The second-order valence-corrected chi connectivity index (χ2v) is 5.71. The zero-order valence-electron chi connectivity index (χ0n) is 11.1. The van der Waals surface area contributed by atoms with Gasteiger partial charge >= 0.3 is 0 Å². The highest BCUT2D eigenvalue weighted by molar-refractivity contribution is 5.18. The molecule has 2 N–H and O–H groups in total. The van der Waals surface area contributed by atoms with Gasteiger partial charge in [0, 0.05) is 11.1 Å². The summed E-state index contributed by atoms with van der Waals surface area (Å²) in [5, 5.41) is 0. The lowest BCUT2D eigenvalue weighted by molar-refractivity contribution is 0.0562. The molecule has 3 heteroatoms. The molecule has 1 aliphatic carbocycles. The summed E-state index contributed by atoms with van der Waals surface area (Å²) in [6.07, 6.45) is 8.38. The van der Waals surface area contributed by atoms with Gasteiger partial charge < -0.3 is 15.1 Å². The number of nitrogens with two attached hydrogens (primary N) is 1. The van der Waals surface area contributed by atoms with E-state index >= 15 is 0 Å². The van der Waals surface area contributed by atoms with Gasteiger partial charge in [-0.1, -0.05) is 6.92 Å². The highest BCUT2D eigenvalue weighted by Gasteiger charge is 2.42. The highest BCUT2D eigenvalue weighted by Crippen LogP contribution is 2.42. The third-order valence-corrected chi connectivity index (χ3v) is 4.51. The van der Waals surface area contributed by atoms with Gasteiger partial charge in [-0.3, -0.25) is 0 Å². The van der Waals surface area contributed by atoms with Crippen LogP contribution in [0.15, 0.2) is 23.0 Å². The van der Waals surface area contributed by atoms with Crippen molar-refractivity contribution >= 4 is 0 Å². The van der Waals surface area contributed by atoms with Crippen LogP contribution < -0.4 is 5.73 Å². The summed E-state index contributed by atoms with van der Waals surface area (Å²) < 4.78 is 5.17. The minimum atomic E-state index is 0.0451. The van der Waals surface area contributed by atoms with E-state index in [1.807, 2.05) is 6.07 Å². The summed E-state index contributed by atoms with van der Waals surface area (Å²) in [6.45, 7) is 2.34. The van der Waals surface area contributed by atoms with Crippen LogP contribution in [0.4, 0.5) is 0 Å². The Balaban J connectivity index is 2.22. The maximum Gasteiger partial charge on any atom is 0.0951 e. The third kappa shape index (κ3) is 2.26. The second-order valence-electron chi connectivity index (χ2n) is 5.71. The van der Waals surface area contributed by atoms with Crippen LogP contribution in [-0.2, 0) is 0 Å². The summed E-state index contributed by atoms with van der Waals surface area (Å²) in [7, 11) is 4.30. The van der Waals surface area contributed by atoms with Gasteiger partial charge in [-0.15, -0.1) is 0 Å². The Hall–Kier alpha value is -0.800. The molecule has 1 fully saturated rings. The molecule has 3 nitrogen and oxygen atoms in total. The fourth-order valence-electron chi connectivity index (χ4n) is 3.06. The number of hydrogen-bond donors (Lipinski definition) is 1. The first-order valence-corrected chi connectivity index (χ1v) is 6.51. The van der Waals surface area contributed by atoms with Gasteiger partial charge in [0.05, 0.1) is 18.6 Å². The summed E-state index contributed by atoms with van der Waals surface area (Å²) in [5.41, 5.74) is 7.71. The molecule has 2 rings (SSSR count). The van der Waals surface area contributed by atoms with E-state index in [1.165, 1.54) is 25.7 Å². The maximum absolute atomic E-state index is 6.49. The minimum Gasteiger partial charge on any atom is -0.472 e. The normalized spacial score (nSPS) is 31.7. The number of hydrogen-bond acceptors (Lipinski definition) is 3. The van der Waals surface area contributed by atoms with Crippen LogP contribution in [0.1, 0.15) is 44.2 Å². The lowest BCUT2D eigenvalue weighted by Gasteiger charge is -2.48. The second kappa shape index (κ2) is 4.83. The van der Waals surface area contributed by atoms with Gasteiger partial charge in [-0.25, -0.2) is 0 Å². The molecular formula is C14H24N2O. The van der Waals surface area contributed by atoms with Gasteiger partial charge in [-0.2, -0.15) is 0 Å². The Labute approximate surface area is 104 Å². The van der Waals surface area contributed by atoms with Crippen molar-refractivity contribution in [3.05, 3.63) is 24.2 Å². The number of likely N-dealkylation sites (N-methyl/N-ethyl adjacent to an activating group) is 1. The van der Waals surface area contributed by atoms with Crippen LogP contribution in [0.2, 0.25) is 0 Å². The fourth-order valence-corrected chi connectivity index (χ4v) is 3.06. The largest absolute Gasteiger partial charge is 0.472 e. The summed E-state index contributed by atoms with van der Waals surface area (Å²) in [6, 6.07) is 2.04. The SMILES string of the molecule is CC1CCC(C(N)c2ccoc2)(N(C)C)CC1. The summed E-state index contributed by atoms with van der Waals surface area (Å²) >= 11 is 0. The molecule has 1 unspecified atom stereocenters. The van der Waals surface area contributed by atoms with Gasteiger partial charge in [0.1, 0.15) is 0 Å². The van der Waals surface area contributed by atoms with Crippen molar-refractivity contribution < 1.29 is 4.42 Å². The quantitative estimate of drug-likeness (QED) is 0.877. The highest BCUT2D eigenvalue weighted by atomic mass is 16.3. The lowest BCUT2D eigenvalue weighted by atomic mass is 9.71. The molecule has 0 radical (unpaired) electrons. The van der Waals surface area contributed by atoms with E-state index in [0.717, 1.165) is 11.5 Å². The van der Waals surface area contributed by atoms with Crippen molar-refractivity contribution in [2.75, 3.05) is 14.1 Å². The Bertz CT molecular complexity index is 337. The number of furan rings is 1. The predicted octanol–water partition coefficient (Wildman–Crippen LogP) is 2.79. The number of nitrogens with zero attached hydrogens (tertiary/aromatic N) is 1. The van der Waals surface area contributed by atoms with Gasteiger partial charge in [0.15, 0.2) is 0 Å². The van der Waals surface area contributed by atoms with Crippen molar-refractivity contribution in [1.82, 2.24) is 4.90 Å². The van der Waals surface area contributed by atoms with Crippen LogP contribution in [-0.4, -0.2) is 24.5 Å². The molecule has 1 aromatic heterocycles. The Morgan fingerprint density at radius 2 is 2.06 bits per heavy atom. The van der Waals surface area contributed by atoms with E-state index in [2.05, 4.69) is 25.9 Å². The molecule has 0 amide bonds. The zero-order valence-corrected chi connectivity index (χ0v) is 11.1. The van der Waals surface area contributed by atoms with Crippen molar-refractivity contribution in [3.8, 4) is 0 Å². The van der Waals surface area contributed by atoms with Crippen molar-refractivity contribution in [2.45, 2.75) is 44.2 Å². The fraction of sp³-hybridized carbons (Fsp3) is 0.714. The molecule has 0 aromatic carbocycles. The molecule has 1 aromatic rings. The average Bonchev–Trinajstić information content (AvgIpc) is 2.82. The molecular weight excluding hydrogens is 212 g/mol. The molecule has 1 saturated carbocycles. The maximum atomic E-state index is 6.49. The molecule has 17 heavy (non-hydrogen) atoms. The Morgan fingerprint density at radius 3 is 2.53 bits per heavy atom. The van der Waals surface area contributed by atoms with Crippen LogP contribution in [0.25, 0.3) is 0 Å². The van der Waals surface area contributed by atoms with E-state index in [4.69, 9.17) is 10.2 Å². The number of rotatable bonds is 3. The van der Waals surface area contributed by atoms with Crippen LogP contribution >= 0.6 is 0 Å². The van der Waals surface area contributed by atoms with Crippen molar-refractivity contribution in [1.29, 1.82) is 0 Å². The first-order chi connectivity index (χ1) is 8.06. The summed E-state index contributed by atoms with van der Waals surface area (Å²) in [4.78, 5) is 2.32. The first kappa shape index (κ1) is 12.7. The molecule has 0 bridgehead atoms. The molecule has 96 valence electrons. The average molecular weight is 236 g/mol. The third-order valence-electron chi connectivity index (χ3n) is 4.51. The van der Waals surface area contributed by atoms with E-state index in [0.29, 0.717) is 0 Å². The Morgan fingerprint density at radius 1 is 1.41 bits per heavy atom. The van der Waals surface area contributed by atoms with Gasteiger partial charge in [0.25, 0.3) is 0 Å². The van der Waals surface area contributed by atoms with Gasteiger partial charge in [-0.05, 0) is 51.8 Å². The predicted molar refractivity (Wildman–Crippen MR) is 69.7 cm³/mol. The monoisotopic (exact) mass is 236 g/mol. The smallest absolute Gasteiger partial charge is 0.0951 e. The van der Waals surface area contributed by atoms with Crippen LogP contribution in [0.3, 0.4) is 0 Å². The van der Waals surface area contributed by atoms with E-state index in [1.54, 1.807) is 12.5 Å². The summed E-state index contributed by atoms with van der Waals surface area (Å²) in [5.74, 6) is 0.833. The van der Waals surface area contributed by atoms with Gasteiger partial charge in [0.2, 0.25) is 0 Å². The Kier molecular flexibility index (Phi) is 3.59. The van der Waals surface area contributed by atoms with E-state index < -0.39 is 0 Å². The molecule has 0 spiro atoms. The molecule has 1 aliphatic rings. The van der Waals surface area contributed by atoms with Crippen LogP contribution in [0.5, 0.6) is 0 Å². The van der Waals surface area contributed by atoms with Crippen molar-refractivity contribution in [2.24, 2.45) is 11.7 Å². The van der Waals surface area contributed by atoms with E-state index in [-0.39, 0.29) is 11.6 Å². The topological polar surface area (TPSA) is 42.4 Å². The molecule has 1 heterocycles. The standard InChI is InChI=1S/C14H24N2O/c1-11-4-7-14(8-5-11,16(2)3)13(15)12-6-9-17-10-12/h6,9-11,13H,4-5,7-8,15H2,1-3H3. The minimum absolute atomic E-state index is 0.0451. The van der Waals surface area contributed by atoms with E-state index in [9.17, 15) is 0 Å². The molecule has 0 aliphatic heterocycles. The molecule has 1 atom stereocenters.